The first-order valence-electron chi connectivity index (χ1n) is 6.20. The molecule has 20 heavy (non-hydrogen) atoms. The Bertz CT molecular complexity index is 672. The van der Waals surface area contributed by atoms with Gasteiger partial charge in [0.15, 0.2) is 6.19 Å². The van der Waals surface area contributed by atoms with Crippen molar-refractivity contribution < 1.29 is 4.74 Å². The van der Waals surface area contributed by atoms with Crippen molar-refractivity contribution in [2.24, 2.45) is 0 Å². The average molecular weight is 268 g/mol. The van der Waals surface area contributed by atoms with Crippen LogP contribution in [0, 0.1) is 32.2 Å². The summed E-state index contributed by atoms with van der Waals surface area (Å²) in [6.07, 6.45) is 5.17. The molecule has 0 bridgehead atoms. The highest BCUT2D eigenvalue weighted by Crippen LogP contribution is 2.37. The molecule has 2 aromatic rings. The van der Waals surface area contributed by atoms with E-state index in [0.717, 1.165) is 28.0 Å². The van der Waals surface area contributed by atoms with Gasteiger partial charge in [-0.05, 0) is 37.5 Å². The molecule has 1 aromatic heterocycles. The van der Waals surface area contributed by atoms with Crippen molar-refractivity contribution in [3.05, 3.63) is 35.2 Å². The molecule has 0 saturated carbocycles. The molecule has 102 valence electrons. The summed E-state index contributed by atoms with van der Waals surface area (Å²) in [7, 11) is 1.66. The molecule has 0 aliphatic carbocycles. The van der Waals surface area contributed by atoms with Crippen LogP contribution < -0.4 is 10.1 Å². The lowest BCUT2D eigenvalue weighted by Crippen LogP contribution is -1.99. The number of hydrogen-bond acceptors (Lipinski definition) is 5. The monoisotopic (exact) mass is 268 g/mol. The first-order valence-corrected chi connectivity index (χ1v) is 6.20. The minimum Gasteiger partial charge on any atom is -0.496 e. The first kappa shape index (κ1) is 13.8. The second-order valence-corrected chi connectivity index (χ2v) is 4.58. The summed E-state index contributed by atoms with van der Waals surface area (Å²) in [6, 6.07) is 2.12. The van der Waals surface area contributed by atoms with Crippen LogP contribution in [0.15, 0.2) is 18.5 Å². The topological polar surface area (TPSA) is 70.8 Å². The van der Waals surface area contributed by atoms with Crippen molar-refractivity contribution >= 4 is 5.95 Å². The number of anilines is 1. The maximum Gasteiger partial charge on any atom is 0.236 e. The SMILES string of the molecule is COc1c(C)c(C)cc(C)c1-c1cnc(NC#N)nc1. The lowest BCUT2D eigenvalue weighted by molar-refractivity contribution is 0.412. The molecule has 0 fully saturated rings. The van der Waals surface area contributed by atoms with E-state index in [1.54, 1.807) is 25.7 Å². The van der Waals surface area contributed by atoms with Gasteiger partial charge in [0.1, 0.15) is 5.75 Å². The molecular formula is C15H16N4O. The highest BCUT2D eigenvalue weighted by atomic mass is 16.5. The molecule has 0 amide bonds. The van der Waals surface area contributed by atoms with E-state index in [0.29, 0.717) is 0 Å². The van der Waals surface area contributed by atoms with Crippen molar-refractivity contribution in [3.63, 3.8) is 0 Å². The minimum atomic E-state index is 0.289. The maximum atomic E-state index is 8.54. The molecule has 0 atom stereocenters. The molecule has 5 nitrogen and oxygen atoms in total. The molecular weight excluding hydrogens is 252 g/mol. The van der Waals surface area contributed by atoms with Gasteiger partial charge >= 0.3 is 0 Å². The van der Waals surface area contributed by atoms with Crippen LogP contribution in [0.1, 0.15) is 16.7 Å². The van der Waals surface area contributed by atoms with Gasteiger partial charge in [-0.25, -0.2) is 9.97 Å². The van der Waals surface area contributed by atoms with Crippen LogP contribution in [0.4, 0.5) is 5.95 Å². The number of nitriles is 1. The van der Waals surface area contributed by atoms with Crippen molar-refractivity contribution in [1.82, 2.24) is 9.97 Å². The largest absolute Gasteiger partial charge is 0.496 e. The third-order valence-electron chi connectivity index (χ3n) is 3.30. The molecule has 1 aromatic carbocycles. The van der Waals surface area contributed by atoms with Gasteiger partial charge in [0.2, 0.25) is 5.95 Å². The van der Waals surface area contributed by atoms with E-state index in [4.69, 9.17) is 10.00 Å². The Kier molecular flexibility index (Phi) is 3.85. The van der Waals surface area contributed by atoms with Gasteiger partial charge < -0.3 is 4.74 Å². The highest BCUT2D eigenvalue weighted by Gasteiger charge is 2.14. The van der Waals surface area contributed by atoms with E-state index >= 15 is 0 Å². The van der Waals surface area contributed by atoms with Crippen LogP contribution >= 0.6 is 0 Å². The lowest BCUT2D eigenvalue weighted by atomic mass is 9.95. The molecule has 0 radical (unpaired) electrons. The molecule has 2 rings (SSSR count). The van der Waals surface area contributed by atoms with Crippen LogP contribution in [0.25, 0.3) is 11.1 Å². The highest BCUT2D eigenvalue weighted by molar-refractivity contribution is 5.75. The van der Waals surface area contributed by atoms with Gasteiger partial charge in [0, 0.05) is 23.5 Å². The van der Waals surface area contributed by atoms with Crippen molar-refractivity contribution in [1.29, 1.82) is 5.26 Å². The number of rotatable bonds is 3. The Labute approximate surface area is 118 Å². The standard InChI is InChI=1S/C15H16N4O/c1-9-5-10(2)13(14(20-4)11(9)3)12-6-17-15(18-7-12)19-8-16/h5-7H,1-4H3,(H,17,18,19). The summed E-state index contributed by atoms with van der Waals surface area (Å²) in [4.78, 5) is 8.23. The van der Waals surface area contributed by atoms with Crippen molar-refractivity contribution in [2.75, 3.05) is 12.4 Å². The molecule has 0 aliphatic heterocycles. The number of methoxy groups -OCH3 is 1. The Morgan fingerprint density at radius 1 is 1.15 bits per heavy atom. The Balaban J connectivity index is 2.57. The number of aryl methyl sites for hydroxylation is 2. The zero-order chi connectivity index (χ0) is 14.7. The first-order chi connectivity index (χ1) is 9.58. The molecule has 0 spiro atoms. The van der Waals surface area contributed by atoms with E-state index in [1.807, 2.05) is 13.8 Å². The number of hydrogen-bond donors (Lipinski definition) is 1. The number of nitrogens with zero attached hydrogens (tertiary/aromatic N) is 3. The van der Waals surface area contributed by atoms with E-state index < -0.39 is 0 Å². The van der Waals surface area contributed by atoms with Crippen LogP contribution in [0.2, 0.25) is 0 Å². The number of nitrogens with one attached hydrogen (secondary N) is 1. The minimum absolute atomic E-state index is 0.289. The quantitative estimate of drug-likeness (QED) is 0.684. The van der Waals surface area contributed by atoms with E-state index in [9.17, 15) is 0 Å². The zero-order valence-electron chi connectivity index (χ0n) is 12.0. The van der Waals surface area contributed by atoms with E-state index in [1.165, 1.54) is 5.56 Å². The van der Waals surface area contributed by atoms with Crippen molar-refractivity contribution in [2.45, 2.75) is 20.8 Å². The normalized spacial score (nSPS) is 9.95. The molecule has 0 unspecified atom stereocenters. The third-order valence-corrected chi connectivity index (χ3v) is 3.30. The van der Waals surface area contributed by atoms with Gasteiger partial charge in [-0.1, -0.05) is 6.07 Å². The van der Waals surface area contributed by atoms with Gasteiger partial charge in [-0.15, -0.1) is 0 Å². The fourth-order valence-corrected chi connectivity index (χ4v) is 2.24. The molecule has 0 aliphatic rings. The smallest absolute Gasteiger partial charge is 0.236 e. The molecule has 0 saturated heterocycles. The second-order valence-electron chi connectivity index (χ2n) is 4.58. The summed E-state index contributed by atoms with van der Waals surface area (Å²) in [5.41, 5.74) is 5.25. The van der Waals surface area contributed by atoms with Crippen LogP contribution in [-0.4, -0.2) is 17.1 Å². The zero-order valence-corrected chi connectivity index (χ0v) is 12.0. The predicted octanol–water partition coefficient (Wildman–Crippen LogP) is 2.97. The number of benzene rings is 1. The number of aromatic nitrogens is 2. The fourth-order valence-electron chi connectivity index (χ4n) is 2.24. The second kappa shape index (κ2) is 5.57. The maximum absolute atomic E-state index is 8.54. The molecule has 1 heterocycles. The molecule has 1 N–H and O–H groups in total. The lowest BCUT2D eigenvalue weighted by Gasteiger charge is -2.16. The summed E-state index contributed by atoms with van der Waals surface area (Å²) in [6.45, 7) is 6.13. The third kappa shape index (κ3) is 2.41. The van der Waals surface area contributed by atoms with E-state index in [2.05, 4.69) is 28.3 Å². The Hall–Kier alpha value is -2.61. The summed E-state index contributed by atoms with van der Waals surface area (Å²) >= 11 is 0. The summed E-state index contributed by atoms with van der Waals surface area (Å²) in [5.74, 6) is 1.13. The fraction of sp³-hybridized carbons (Fsp3) is 0.267. The Morgan fingerprint density at radius 3 is 2.35 bits per heavy atom. The summed E-state index contributed by atoms with van der Waals surface area (Å²) < 4.78 is 5.55. The van der Waals surface area contributed by atoms with Crippen LogP contribution in [-0.2, 0) is 0 Å². The number of ether oxygens (including phenoxy) is 1. The van der Waals surface area contributed by atoms with Gasteiger partial charge in [0.05, 0.1) is 7.11 Å². The summed E-state index contributed by atoms with van der Waals surface area (Å²) in [5, 5.41) is 10.9. The van der Waals surface area contributed by atoms with Crippen LogP contribution in [0.3, 0.4) is 0 Å². The predicted molar refractivity (Wildman–Crippen MR) is 77.5 cm³/mol. The van der Waals surface area contributed by atoms with Crippen LogP contribution in [0.5, 0.6) is 5.75 Å². The Morgan fingerprint density at radius 2 is 1.80 bits per heavy atom. The molecule has 5 heteroatoms. The van der Waals surface area contributed by atoms with Crippen molar-refractivity contribution in [3.8, 4) is 23.1 Å². The van der Waals surface area contributed by atoms with Gasteiger partial charge in [-0.3, -0.25) is 5.32 Å². The van der Waals surface area contributed by atoms with Gasteiger partial charge in [-0.2, -0.15) is 5.26 Å². The van der Waals surface area contributed by atoms with Gasteiger partial charge in [0.25, 0.3) is 0 Å². The average Bonchev–Trinajstić information content (AvgIpc) is 2.44. The van der Waals surface area contributed by atoms with E-state index in [-0.39, 0.29) is 5.95 Å².